The molecule has 0 aliphatic carbocycles. The molecule has 1 aromatic rings. The molecule has 0 bridgehead atoms. The zero-order valence-corrected chi connectivity index (χ0v) is 19.1. The molecule has 0 aliphatic rings. The van der Waals surface area contributed by atoms with E-state index in [9.17, 15) is 38.7 Å². The average molecular weight is 526 g/mol. The molecule has 0 aliphatic heterocycles. The van der Waals surface area contributed by atoms with E-state index in [1.807, 2.05) is 5.32 Å². The molecular weight excluding hydrogens is 500 g/mol. The molecule has 202 valence electrons. The maximum absolute atomic E-state index is 12.7. The molecule has 37 heavy (non-hydrogen) atoms. The van der Waals surface area contributed by atoms with Gasteiger partial charge in [-0.3, -0.25) is 28.8 Å². The van der Waals surface area contributed by atoms with Crippen LogP contribution in [-0.2, 0) is 40.0 Å². The summed E-state index contributed by atoms with van der Waals surface area (Å²) >= 11 is 0. The average Bonchev–Trinajstić information content (AvgIpc) is 2.78. The molecule has 0 saturated heterocycles. The molecule has 0 spiro atoms. The van der Waals surface area contributed by atoms with Crippen LogP contribution < -0.4 is 21.7 Å². The van der Waals surface area contributed by atoms with Crippen LogP contribution in [0.3, 0.4) is 0 Å². The molecule has 1 aromatic carbocycles. The van der Waals surface area contributed by atoms with Gasteiger partial charge < -0.3 is 47.2 Å². The second kappa shape index (κ2) is 14.0. The number of hydrogen-bond acceptors (Lipinski definition) is 9. The molecule has 0 saturated carbocycles. The Labute approximate surface area is 208 Å². The maximum Gasteiger partial charge on any atom is 0.326 e. The first-order valence-corrected chi connectivity index (χ1v) is 10.5. The van der Waals surface area contributed by atoms with Gasteiger partial charge in [-0.15, -0.1) is 0 Å². The first-order chi connectivity index (χ1) is 17.2. The van der Waals surface area contributed by atoms with Crippen LogP contribution in [0.15, 0.2) is 24.3 Å². The number of amides is 3. The predicted octanol–water partition coefficient (Wildman–Crippen LogP) is -2.77. The van der Waals surface area contributed by atoms with Crippen LogP contribution in [0.2, 0.25) is 0 Å². The summed E-state index contributed by atoms with van der Waals surface area (Å²) in [4.78, 5) is 82.0. The number of hydrogen-bond donors (Lipinski definition) is 9. The molecule has 4 unspecified atom stereocenters. The van der Waals surface area contributed by atoms with Gasteiger partial charge in [-0.05, 0) is 24.1 Å². The summed E-state index contributed by atoms with van der Waals surface area (Å²) in [6, 6.07) is -1.32. The number of rotatable bonds is 15. The van der Waals surface area contributed by atoms with Crippen molar-refractivity contribution in [2.24, 2.45) is 5.73 Å². The maximum atomic E-state index is 12.7. The van der Waals surface area contributed by atoms with E-state index in [0.29, 0.717) is 5.56 Å². The Hall–Kier alpha value is -4.73. The van der Waals surface area contributed by atoms with Crippen molar-refractivity contribution in [2.75, 3.05) is 0 Å². The minimum Gasteiger partial charge on any atom is -0.508 e. The van der Waals surface area contributed by atoms with Crippen molar-refractivity contribution in [1.29, 1.82) is 0 Å². The Bertz CT molecular complexity index is 1040. The van der Waals surface area contributed by atoms with E-state index in [-0.39, 0.29) is 12.2 Å². The zero-order valence-electron chi connectivity index (χ0n) is 19.1. The normalized spacial score (nSPS) is 13.8. The molecule has 0 fully saturated rings. The topological polar surface area (TPSA) is 283 Å². The lowest BCUT2D eigenvalue weighted by atomic mass is 10.0. The van der Waals surface area contributed by atoms with E-state index in [0.717, 1.165) is 0 Å². The number of benzene rings is 1. The van der Waals surface area contributed by atoms with Gasteiger partial charge in [0.2, 0.25) is 17.7 Å². The van der Waals surface area contributed by atoms with Crippen LogP contribution in [0.25, 0.3) is 0 Å². The summed E-state index contributed by atoms with van der Waals surface area (Å²) in [5.74, 6) is -10.1. The second-order valence-corrected chi connectivity index (χ2v) is 7.79. The summed E-state index contributed by atoms with van der Waals surface area (Å²) in [5, 5.41) is 51.1. The Morgan fingerprint density at radius 1 is 0.649 bits per heavy atom. The number of carbonyl (C=O) groups excluding carboxylic acids is 3. The first kappa shape index (κ1) is 30.3. The summed E-state index contributed by atoms with van der Waals surface area (Å²) in [6.07, 6.45) is -3.17. The number of phenolic OH excluding ortho intramolecular Hbond substituents is 1. The van der Waals surface area contributed by atoms with Crippen LogP contribution in [0, 0.1) is 0 Å². The number of nitrogens with one attached hydrogen (secondary N) is 3. The van der Waals surface area contributed by atoms with Gasteiger partial charge in [-0.25, -0.2) is 4.79 Å². The molecule has 3 amide bonds. The Balaban J connectivity index is 2.99. The third kappa shape index (κ3) is 11.0. The lowest BCUT2D eigenvalue weighted by Crippen LogP contribution is -2.58. The molecule has 1 rings (SSSR count). The summed E-state index contributed by atoms with van der Waals surface area (Å²) < 4.78 is 0. The highest BCUT2D eigenvalue weighted by Crippen LogP contribution is 2.11. The zero-order chi connectivity index (χ0) is 28.3. The van der Waals surface area contributed by atoms with Crippen LogP contribution in [-0.4, -0.2) is 91.3 Å². The molecule has 4 atom stereocenters. The Morgan fingerprint density at radius 3 is 1.43 bits per heavy atom. The lowest BCUT2D eigenvalue weighted by molar-refractivity contribution is -0.148. The molecule has 0 heterocycles. The summed E-state index contributed by atoms with van der Waals surface area (Å²) in [6.45, 7) is 0. The van der Waals surface area contributed by atoms with E-state index in [2.05, 4.69) is 5.32 Å². The molecule has 16 nitrogen and oxygen atoms in total. The van der Waals surface area contributed by atoms with E-state index >= 15 is 0 Å². The number of aliphatic carboxylic acids is 4. The van der Waals surface area contributed by atoms with Gasteiger partial charge in [0.05, 0.1) is 25.3 Å². The number of phenols is 1. The minimum absolute atomic E-state index is 0.0300. The molecule has 10 N–H and O–H groups in total. The van der Waals surface area contributed by atoms with Crippen molar-refractivity contribution in [3.63, 3.8) is 0 Å². The SMILES string of the molecule is NC(Cc1ccc(O)cc1)C(=O)NC(CC(=O)O)C(=O)NC(CC(=O)O)C(=O)NC(CC(=O)O)C(=O)O. The fourth-order valence-corrected chi connectivity index (χ4v) is 2.94. The van der Waals surface area contributed by atoms with Crippen molar-refractivity contribution in [3.8, 4) is 5.75 Å². The minimum atomic E-state index is -1.95. The van der Waals surface area contributed by atoms with Gasteiger partial charge in [-0.2, -0.15) is 0 Å². The summed E-state index contributed by atoms with van der Waals surface area (Å²) in [7, 11) is 0. The Morgan fingerprint density at radius 2 is 1.03 bits per heavy atom. The van der Waals surface area contributed by atoms with E-state index in [4.69, 9.17) is 26.2 Å². The highest BCUT2D eigenvalue weighted by Gasteiger charge is 2.33. The Kier molecular flexibility index (Phi) is 11.4. The fraction of sp³-hybridized carbons (Fsp3) is 0.381. The van der Waals surface area contributed by atoms with Gasteiger partial charge in [0.15, 0.2) is 0 Å². The van der Waals surface area contributed by atoms with Crippen molar-refractivity contribution in [1.82, 2.24) is 16.0 Å². The van der Waals surface area contributed by atoms with E-state index < -0.39 is 85.0 Å². The number of carboxylic acid groups (broad SMARTS) is 4. The molecule has 0 aromatic heterocycles. The summed E-state index contributed by atoms with van der Waals surface area (Å²) in [5.41, 5.74) is 6.34. The van der Waals surface area contributed by atoms with E-state index in [1.165, 1.54) is 24.3 Å². The number of carboxylic acids is 4. The number of nitrogens with two attached hydrogens (primary N) is 1. The van der Waals surface area contributed by atoms with Gasteiger partial charge in [0.1, 0.15) is 23.9 Å². The third-order valence-electron chi connectivity index (χ3n) is 4.75. The smallest absolute Gasteiger partial charge is 0.326 e. The second-order valence-electron chi connectivity index (χ2n) is 7.79. The highest BCUT2D eigenvalue weighted by molar-refractivity contribution is 5.97. The van der Waals surface area contributed by atoms with Crippen LogP contribution in [0.4, 0.5) is 0 Å². The molecule has 0 radical (unpaired) electrons. The third-order valence-corrected chi connectivity index (χ3v) is 4.75. The predicted molar refractivity (Wildman–Crippen MR) is 120 cm³/mol. The van der Waals surface area contributed by atoms with Crippen molar-refractivity contribution < 1.29 is 59.1 Å². The van der Waals surface area contributed by atoms with Gasteiger partial charge >= 0.3 is 23.9 Å². The van der Waals surface area contributed by atoms with Crippen molar-refractivity contribution in [3.05, 3.63) is 29.8 Å². The van der Waals surface area contributed by atoms with Crippen LogP contribution in [0.5, 0.6) is 5.75 Å². The quantitative estimate of drug-likeness (QED) is 0.112. The van der Waals surface area contributed by atoms with Crippen molar-refractivity contribution >= 4 is 41.6 Å². The van der Waals surface area contributed by atoms with Crippen LogP contribution >= 0.6 is 0 Å². The monoisotopic (exact) mass is 526 g/mol. The van der Waals surface area contributed by atoms with Gasteiger partial charge in [-0.1, -0.05) is 12.1 Å². The van der Waals surface area contributed by atoms with Crippen molar-refractivity contribution in [2.45, 2.75) is 49.9 Å². The highest BCUT2D eigenvalue weighted by atomic mass is 16.4. The van der Waals surface area contributed by atoms with Gasteiger partial charge in [0.25, 0.3) is 0 Å². The van der Waals surface area contributed by atoms with Gasteiger partial charge in [0, 0.05) is 0 Å². The van der Waals surface area contributed by atoms with E-state index in [1.54, 1.807) is 5.32 Å². The largest absolute Gasteiger partial charge is 0.508 e. The lowest BCUT2D eigenvalue weighted by Gasteiger charge is -2.23. The standard InChI is InChI=1S/C21H26N4O12/c22-11(5-9-1-3-10(26)4-2-9)18(33)23-12(6-15(27)28)19(34)24-13(7-16(29)30)20(35)25-14(21(36)37)8-17(31)32/h1-4,11-14,26H,5-8,22H2,(H,23,33)(H,24,34)(H,25,35)(H,27,28)(H,29,30)(H,31,32)(H,36,37). The molecule has 16 heteroatoms. The first-order valence-electron chi connectivity index (χ1n) is 10.5. The fourth-order valence-electron chi connectivity index (χ4n) is 2.94. The molecular formula is C21H26N4O12. The van der Waals surface area contributed by atoms with Crippen LogP contribution in [0.1, 0.15) is 24.8 Å². The number of carbonyl (C=O) groups is 7. The number of aromatic hydroxyl groups is 1.